The quantitative estimate of drug-likeness (QED) is 0.408. The Morgan fingerprint density at radius 3 is 1.44 bits per heavy atom. The van der Waals surface area contributed by atoms with Crippen molar-refractivity contribution in [3.05, 3.63) is 0 Å². The van der Waals surface area contributed by atoms with E-state index in [9.17, 15) is 9.59 Å². The minimum atomic E-state index is -0.861. The zero-order chi connectivity index (χ0) is 14.0. The van der Waals surface area contributed by atoms with Gasteiger partial charge in [-0.25, -0.2) is 0 Å². The molecule has 0 bridgehead atoms. The second-order valence-corrected chi connectivity index (χ2v) is 4.27. The highest BCUT2D eigenvalue weighted by Crippen LogP contribution is 1.97. The number of carbonyl (C=O) groups is 2. The lowest BCUT2D eigenvalue weighted by Gasteiger charge is -2.16. The molecule has 0 saturated heterocycles. The molecule has 0 spiro atoms. The van der Waals surface area contributed by atoms with Crippen LogP contribution < -0.4 is 10.6 Å². The third-order valence-electron chi connectivity index (χ3n) is 2.66. The Hall–Kier alpha value is -1.14. The summed E-state index contributed by atoms with van der Waals surface area (Å²) < 4.78 is 0. The van der Waals surface area contributed by atoms with Crippen molar-refractivity contribution >= 4 is 11.9 Å². The van der Waals surface area contributed by atoms with Gasteiger partial charge in [0.25, 0.3) is 0 Å². The summed E-state index contributed by atoms with van der Waals surface area (Å²) in [6.07, 6.45) is 2.75. The van der Waals surface area contributed by atoms with Crippen LogP contribution in [0.15, 0.2) is 0 Å². The normalized spacial score (nSPS) is 14.1. The number of rotatable bonds is 11. The molecule has 0 rings (SSSR count). The first kappa shape index (κ1) is 16.9. The van der Waals surface area contributed by atoms with Crippen molar-refractivity contribution in [2.24, 2.45) is 0 Å². The Morgan fingerprint density at radius 2 is 1.22 bits per heavy atom. The molecule has 0 unspecified atom stereocenters. The lowest BCUT2D eigenvalue weighted by molar-refractivity contribution is -0.141. The SMILES string of the molecule is CCC[C@@H](NCCN[C@H](CCC)C(=O)O)C(=O)O. The first-order valence-corrected chi connectivity index (χ1v) is 6.45. The molecule has 0 aliphatic carbocycles. The highest BCUT2D eigenvalue weighted by atomic mass is 16.4. The largest absolute Gasteiger partial charge is 0.480 e. The summed E-state index contributed by atoms with van der Waals surface area (Å²) in [5, 5.41) is 23.6. The monoisotopic (exact) mass is 260 g/mol. The highest BCUT2D eigenvalue weighted by molar-refractivity contribution is 5.73. The van der Waals surface area contributed by atoms with E-state index >= 15 is 0 Å². The van der Waals surface area contributed by atoms with Crippen LogP contribution in [0.5, 0.6) is 0 Å². The minimum Gasteiger partial charge on any atom is -0.480 e. The Balaban J connectivity index is 3.87. The Bertz CT molecular complexity index is 232. The van der Waals surface area contributed by atoms with E-state index in [4.69, 9.17) is 10.2 Å². The predicted molar refractivity (Wildman–Crippen MR) is 68.7 cm³/mol. The summed E-state index contributed by atoms with van der Waals surface area (Å²) in [5.74, 6) is -1.72. The van der Waals surface area contributed by atoms with E-state index in [-0.39, 0.29) is 0 Å². The van der Waals surface area contributed by atoms with Crippen LogP contribution in [0.1, 0.15) is 39.5 Å². The fourth-order valence-electron chi connectivity index (χ4n) is 1.70. The van der Waals surface area contributed by atoms with Crippen LogP contribution in [0, 0.1) is 0 Å². The summed E-state index contributed by atoms with van der Waals surface area (Å²) in [7, 11) is 0. The molecule has 0 aromatic rings. The molecule has 0 amide bonds. The van der Waals surface area contributed by atoms with Crippen LogP contribution in [0.4, 0.5) is 0 Å². The van der Waals surface area contributed by atoms with Gasteiger partial charge >= 0.3 is 11.9 Å². The lowest BCUT2D eigenvalue weighted by Crippen LogP contribution is -2.44. The van der Waals surface area contributed by atoms with Gasteiger partial charge in [-0.15, -0.1) is 0 Å². The van der Waals surface area contributed by atoms with E-state index in [1.807, 2.05) is 13.8 Å². The molecule has 6 nitrogen and oxygen atoms in total. The molecular formula is C12H24N2O4. The average molecular weight is 260 g/mol. The number of hydrogen-bond acceptors (Lipinski definition) is 4. The van der Waals surface area contributed by atoms with Crippen LogP contribution >= 0.6 is 0 Å². The summed E-state index contributed by atoms with van der Waals surface area (Å²) in [6, 6.07) is -1.10. The molecule has 0 saturated carbocycles. The van der Waals surface area contributed by atoms with Gasteiger partial charge in [0.05, 0.1) is 0 Å². The molecule has 6 heteroatoms. The van der Waals surface area contributed by atoms with Crippen molar-refractivity contribution < 1.29 is 19.8 Å². The van der Waals surface area contributed by atoms with Gasteiger partial charge in [-0.05, 0) is 12.8 Å². The standard InChI is InChI=1S/C12H24N2O4/c1-3-5-9(11(15)16)13-7-8-14-10(6-4-2)12(17)18/h9-10,13-14H,3-8H2,1-2H3,(H,15,16)(H,17,18)/t9-,10-/m1/s1. The highest BCUT2D eigenvalue weighted by Gasteiger charge is 2.17. The second kappa shape index (κ2) is 9.85. The van der Waals surface area contributed by atoms with Crippen LogP contribution in [-0.4, -0.2) is 47.3 Å². The van der Waals surface area contributed by atoms with E-state index in [2.05, 4.69) is 10.6 Å². The molecule has 0 radical (unpaired) electrons. The van der Waals surface area contributed by atoms with Crippen molar-refractivity contribution in [2.45, 2.75) is 51.6 Å². The molecule has 0 heterocycles. The van der Waals surface area contributed by atoms with Gasteiger partial charge in [-0.2, -0.15) is 0 Å². The average Bonchev–Trinajstić information content (AvgIpc) is 2.30. The molecule has 0 fully saturated rings. The van der Waals surface area contributed by atoms with Gasteiger partial charge < -0.3 is 20.8 Å². The maximum Gasteiger partial charge on any atom is 0.320 e. The van der Waals surface area contributed by atoms with Gasteiger partial charge in [0.2, 0.25) is 0 Å². The number of nitrogens with one attached hydrogen (secondary N) is 2. The summed E-state index contributed by atoms with van der Waals surface area (Å²) in [6.45, 7) is 4.75. The van der Waals surface area contributed by atoms with Crippen molar-refractivity contribution in [3.8, 4) is 0 Å². The van der Waals surface area contributed by atoms with Crippen LogP contribution in [-0.2, 0) is 9.59 Å². The van der Waals surface area contributed by atoms with E-state index in [0.29, 0.717) is 25.9 Å². The van der Waals surface area contributed by atoms with E-state index in [1.54, 1.807) is 0 Å². The smallest absolute Gasteiger partial charge is 0.320 e. The number of carboxylic acid groups (broad SMARTS) is 2. The molecule has 18 heavy (non-hydrogen) atoms. The molecular weight excluding hydrogens is 236 g/mol. The van der Waals surface area contributed by atoms with Gasteiger partial charge in [-0.1, -0.05) is 26.7 Å². The lowest BCUT2D eigenvalue weighted by atomic mass is 10.1. The molecule has 0 aromatic carbocycles. The second-order valence-electron chi connectivity index (χ2n) is 4.27. The zero-order valence-corrected chi connectivity index (χ0v) is 11.1. The van der Waals surface area contributed by atoms with E-state index < -0.39 is 24.0 Å². The summed E-state index contributed by atoms with van der Waals surface area (Å²) in [4.78, 5) is 21.7. The Labute approximate surface area is 108 Å². The Kier molecular flexibility index (Phi) is 9.22. The van der Waals surface area contributed by atoms with Gasteiger partial charge in [0.15, 0.2) is 0 Å². The molecule has 4 N–H and O–H groups in total. The molecule has 0 aromatic heterocycles. The third-order valence-corrected chi connectivity index (χ3v) is 2.66. The first-order chi connectivity index (χ1) is 8.52. The van der Waals surface area contributed by atoms with E-state index in [0.717, 1.165) is 12.8 Å². The molecule has 0 aliphatic heterocycles. The summed E-state index contributed by atoms with van der Waals surface area (Å²) >= 11 is 0. The molecule has 2 atom stereocenters. The van der Waals surface area contributed by atoms with Gasteiger partial charge in [0.1, 0.15) is 12.1 Å². The molecule has 0 aliphatic rings. The summed E-state index contributed by atoms with van der Waals surface area (Å²) in [5.41, 5.74) is 0. The van der Waals surface area contributed by atoms with Crippen molar-refractivity contribution in [1.82, 2.24) is 10.6 Å². The Morgan fingerprint density at radius 1 is 0.889 bits per heavy atom. The number of carboxylic acids is 2. The van der Waals surface area contributed by atoms with Crippen LogP contribution in [0.3, 0.4) is 0 Å². The van der Waals surface area contributed by atoms with Gasteiger partial charge in [-0.3, -0.25) is 9.59 Å². The number of aliphatic carboxylic acids is 2. The fraction of sp³-hybridized carbons (Fsp3) is 0.833. The number of hydrogen-bond donors (Lipinski definition) is 4. The van der Waals surface area contributed by atoms with Crippen LogP contribution in [0.25, 0.3) is 0 Å². The van der Waals surface area contributed by atoms with Crippen molar-refractivity contribution in [2.75, 3.05) is 13.1 Å². The van der Waals surface area contributed by atoms with Crippen LogP contribution in [0.2, 0.25) is 0 Å². The maximum absolute atomic E-state index is 10.9. The first-order valence-electron chi connectivity index (χ1n) is 6.45. The maximum atomic E-state index is 10.9. The fourth-order valence-corrected chi connectivity index (χ4v) is 1.70. The third kappa shape index (κ3) is 7.24. The van der Waals surface area contributed by atoms with Crippen molar-refractivity contribution in [1.29, 1.82) is 0 Å². The van der Waals surface area contributed by atoms with Crippen molar-refractivity contribution in [3.63, 3.8) is 0 Å². The van der Waals surface area contributed by atoms with E-state index in [1.165, 1.54) is 0 Å². The topological polar surface area (TPSA) is 98.7 Å². The predicted octanol–water partition coefficient (Wildman–Crippen LogP) is 0.672. The minimum absolute atomic E-state index is 0.449. The molecule has 106 valence electrons. The zero-order valence-electron chi connectivity index (χ0n) is 11.1. The van der Waals surface area contributed by atoms with Gasteiger partial charge in [0, 0.05) is 13.1 Å².